The van der Waals surface area contributed by atoms with Crippen molar-refractivity contribution >= 4 is 16.9 Å². The van der Waals surface area contributed by atoms with Crippen LogP contribution in [-0.4, -0.2) is 11.0 Å². The van der Waals surface area contributed by atoms with Gasteiger partial charge in [0.15, 0.2) is 0 Å². The van der Waals surface area contributed by atoms with E-state index in [2.05, 4.69) is 4.98 Å². The number of aromatic amines is 1. The molecule has 0 spiro atoms. The molecule has 1 heterocycles. The van der Waals surface area contributed by atoms with Crippen LogP contribution in [0.5, 0.6) is 0 Å². The number of aryl methyl sites for hydroxylation is 1. The summed E-state index contributed by atoms with van der Waals surface area (Å²) in [5.74, 6) is -1.00. The second-order valence-corrected chi connectivity index (χ2v) is 3.23. The predicted octanol–water partition coefficient (Wildman–Crippen LogP) is -2.15. The van der Waals surface area contributed by atoms with E-state index in [1.54, 1.807) is 0 Å². The van der Waals surface area contributed by atoms with Gasteiger partial charge in [-0.15, -0.1) is 0 Å². The number of para-hydroxylation sites is 1. The van der Waals surface area contributed by atoms with Gasteiger partial charge in [0.25, 0.3) is 0 Å². The molecular formula is C11H10KNO2. The van der Waals surface area contributed by atoms with E-state index in [0.717, 1.165) is 16.5 Å². The zero-order valence-corrected chi connectivity index (χ0v) is 11.7. The van der Waals surface area contributed by atoms with Gasteiger partial charge in [-0.1, -0.05) is 18.2 Å². The Bertz CT molecular complexity index is 464. The molecule has 0 fully saturated rings. The number of carbonyl (C=O) groups excluding carboxylic acids is 1. The molecule has 0 aliphatic heterocycles. The number of hydrogen-bond donors (Lipinski definition) is 1. The van der Waals surface area contributed by atoms with Gasteiger partial charge in [0.1, 0.15) is 0 Å². The van der Waals surface area contributed by atoms with E-state index in [9.17, 15) is 9.90 Å². The fourth-order valence-electron chi connectivity index (χ4n) is 1.58. The van der Waals surface area contributed by atoms with Gasteiger partial charge in [-0.3, -0.25) is 0 Å². The first-order valence-corrected chi connectivity index (χ1v) is 4.52. The summed E-state index contributed by atoms with van der Waals surface area (Å²) in [6, 6.07) is 7.84. The molecule has 0 aliphatic carbocycles. The van der Waals surface area contributed by atoms with E-state index in [1.807, 2.05) is 30.5 Å². The Morgan fingerprint density at radius 1 is 1.33 bits per heavy atom. The summed E-state index contributed by atoms with van der Waals surface area (Å²) < 4.78 is 0. The standard InChI is InChI=1S/C11H11NO2.K/c13-11(14)6-5-8-7-12-10-4-2-1-3-9(8)10;/h1-4,7,12H,5-6H2,(H,13,14);/q;+1/p-1. The third kappa shape index (κ3) is 3.16. The van der Waals surface area contributed by atoms with Gasteiger partial charge in [0.2, 0.25) is 0 Å². The molecule has 0 atom stereocenters. The van der Waals surface area contributed by atoms with Crippen molar-refractivity contribution in [1.29, 1.82) is 0 Å². The number of aliphatic carboxylic acids is 1. The van der Waals surface area contributed by atoms with Crippen LogP contribution >= 0.6 is 0 Å². The largest absolute Gasteiger partial charge is 1.00 e. The maximum atomic E-state index is 10.3. The van der Waals surface area contributed by atoms with E-state index in [-0.39, 0.29) is 57.8 Å². The molecule has 3 nitrogen and oxygen atoms in total. The molecule has 0 aliphatic rings. The topological polar surface area (TPSA) is 55.9 Å². The monoisotopic (exact) mass is 227 g/mol. The average Bonchev–Trinajstić information content (AvgIpc) is 2.58. The Hall–Kier alpha value is -0.134. The van der Waals surface area contributed by atoms with Crippen molar-refractivity contribution < 1.29 is 61.3 Å². The van der Waals surface area contributed by atoms with Crippen molar-refractivity contribution in [2.45, 2.75) is 12.8 Å². The van der Waals surface area contributed by atoms with Gasteiger partial charge in [0, 0.05) is 23.1 Å². The Balaban J connectivity index is 0.00000112. The number of rotatable bonds is 3. The van der Waals surface area contributed by atoms with E-state index < -0.39 is 5.97 Å². The second kappa shape index (κ2) is 5.82. The molecule has 1 N–H and O–H groups in total. The van der Waals surface area contributed by atoms with Gasteiger partial charge < -0.3 is 14.9 Å². The third-order valence-corrected chi connectivity index (χ3v) is 2.27. The number of nitrogens with one attached hydrogen (secondary N) is 1. The minimum Gasteiger partial charge on any atom is -0.550 e. The molecule has 2 rings (SSSR count). The minimum atomic E-state index is -1.00. The van der Waals surface area contributed by atoms with Crippen molar-refractivity contribution in [3.8, 4) is 0 Å². The SMILES string of the molecule is O=C([O-])CCc1c[nH]c2ccccc12.[K+]. The number of hydrogen-bond acceptors (Lipinski definition) is 2. The summed E-state index contributed by atoms with van der Waals surface area (Å²) in [4.78, 5) is 13.4. The molecule has 15 heavy (non-hydrogen) atoms. The van der Waals surface area contributed by atoms with E-state index in [0.29, 0.717) is 6.42 Å². The van der Waals surface area contributed by atoms with Crippen LogP contribution in [0.25, 0.3) is 10.9 Å². The fraction of sp³-hybridized carbons (Fsp3) is 0.182. The average molecular weight is 227 g/mol. The van der Waals surface area contributed by atoms with Gasteiger partial charge in [-0.25, -0.2) is 0 Å². The number of carboxylic acids is 1. The van der Waals surface area contributed by atoms with Crippen LogP contribution in [0.1, 0.15) is 12.0 Å². The first-order chi connectivity index (χ1) is 6.77. The summed E-state index contributed by atoms with van der Waals surface area (Å²) in [5.41, 5.74) is 2.07. The molecule has 1 aromatic heterocycles. The van der Waals surface area contributed by atoms with E-state index in [4.69, 9.17) is 0 Å². The molecule has 0 saturated carbocycles. The number of benzene rings is 1. The smallest absolute Gasteiger partial charge is 0.550 e. The molecule has 2 aromatic rings. The summed E-state index contributed by atoms with van der Waals surface area (Å²) in [6.45, 7) is 0. The number of fused-ring (bicyclic) bond motifs is 1. The molecule has 0 saturated heterocycles. The van der Waals surface area contributed by atoms with Crippen molar-refractivity contribution in [2.24, 2.45) is 0 Å². The Kier molecular flexibility index (Phi) is 5.01. The normalized spacial score (nSPS) is 9.87. The van der Waals surface area contributed by atoms with Crippen molar-refractivity contribution in [2.75, 3.05) is 0 Å². The zero-order chi connectivity index (χ0) is 9.97. The Morgan fingerprint density at radius 3 is 2.80 bits per heavy atom. The molecule has 4 heteroatoms. The molecule has 72 valence electrons. The van der Waals surface area contributed by atoms with Gasteiger partial charge in [-0.2, -0.15) is 0 Å². The maximum absolute atomic E-state index is 10.3. The number of H-pyrrole nitrogens is 1. The predicted molar refractivity (Wildman–Crippen MR) is 51.6 cm³/mol. The van der Waals surface area contributed by atoms with Crippen molar-refractivity contribution in [3.63, 3.8) is 0 Å². The summed E-state index contributed by atoms with van der Waals surface area (Å²) in [5, 5.41) is 11.4. The van der Waals surface area contributed by atoms with Crippen LogP contribution in [0.3, 0.4) is 0 Å². The summed E-state index contributed by atoms with van der Waals surface area (Å²) in [7, 11) is 0. The van der Waals surface area contributed by atoms with Crippen LogP contribution in [0, 0.1) is 0 Å². The van der Waals surface area contributed by atoms with Crippen LogP contribution in [0.2, 0.25) is 0 Å². The Labute approximate surface area is 130 Å². The summed E-state index contributed by atoms with van der Waals surface area (Å²) in [6.07, 6.45) is 2.45. The van der Waals surface area contributed by atoms with Gasteiger partial charge >= 0.3 is 51.4 Å². The quantitative estimate of drug-likeness (QED) is 0.608. The molecule has 0 bridgehead atoms. The second-order valence-electron chi connectivity index (χ2n) is 3.23. The molecule has 0 unspecified atom stereocenters. The first kappa shape index (κ1) is 12.9. The fourth-order valence-corrected chi connectivity index (χ4v) is 1.58. The zero-order valence-electron chi connectivity index (χ0n) is 8.62. The molecule has 1 aromatic carbocycles. The Morgan fingerprint density at radius 2 is 2.07 bits per heavy atom. The molecule has 0 amide bonds. The van der Waals surface area contributed by atoms with E-state index in [1.165, 1.54) is 0 Å². The van der Waals surface area contributed by atoms with Crippen molar-refractivity contribution in [1.82, 2.24) is 4.98 Å². The maximum Gasteiger partial charge on any atom is 1.00 e. The van der Waals surface area contributed by atoms with Gasteiger partial charge in [-0.05, 0) is 24.5 Å². The number of aromatic nitrogens is 1. The number of carbonyl (C=O) groups is 1. The molecule has 0 radical (unpaired) electrons. The van der Waals surface area contributed by atoms with Gasteiger partial charge in [0.05, 0.1) is 0 Å². The van der Waals surface area contributed by atoms with Crippen LogP contribution in [-0.2, 0) is 11.2 Å². The van der Waals surface area contributed by atoms with Crippen LogP contribution < -0.4 is 56.5 Å². The molecular weight excluding hydrogens is 217 g/mol. The third-order valence-electron chi connectivity index (χ3n) is 2.27. The van der Waals surface area contributed by atoms with Crippen LogP contribution in [0.4, 0.5) is 0 Å². The summed E-state index contributed by atoms with van der Waals surface area (Å²) >= 11 is 0. The van der Waals surface area contributed by atoms with Crippen molar-refractivity contribution in [3.05, 3.63) is 36.0 Å². The first-order valence-electron chi connectivity index (χ1n) is 4.52. The minimum absolute atomic E-state index is 0. The van der Waals surface area contributed by atoms with E-state index >= 15 is 0 Å². The number of carboxylic acid groups (broad SMARTS) is 1. The van der Waals surface area contributed by atoms with Crippen LogP contribution in [0.15, 0.2) is 30.5 Å².